The second kappa shape index (κ2) is 12.6. The topological polar surface area (TPSA) is 109 Å². The van der Waals surface area contributed by atoms with Crippen molar-refractivity contribution in [1.82, 2.24) is 9.88 Å². The number of ether oxygens (including phenoxy) is 1. The average molecular weight is 522 g/mol. The van der Waals surface area contributed by atoms with Crippen molar-refractivity contribution in [2.75, 3.05) is 25.6 Å². The molecule has 0 aliphatic carbocycles. The number of likely N-dealkylation sites (N-methyl/N-ethyl adjacent to an activating group) is 1. The second-order valence-corrected chi connectivity index (χ2v) is 9.23. The Morgan fingerprint density at radius 3 is 2.71 bits per heavy atom. The van der Waals surface area contributed by atoms with Crippen LogP contribution >= 0.6 is 22.9 Å². The summed E-state index contributed by atoms with van der Waals surface area (Å²) in [5, 5.41) is 11.9. The fourth-order valence-corrected chi connectivity index (χ4v) is 4.45. The maximum Gasteiger partial charge on any atom is 0.413 e. The van der Waals surface area contributed by atoms with Crippen LogP contribution < -0.4 is 5.32 Å². The van der Waals surface area contributed by atoms with Gasteiger partial charge < -0.3 is 14.7 Å². The Kier molecular flexibility index (Phi) is 9.53. The molecule has 0 saturated carbocycles. The van der Waals surface area contributed by atoms with E-state index >= 15 is 0 Å². The quantitative estimate of drug-likeness (QED) is 0.386. The molecule has 0 unspecified atom stereocenters. The van der Waals surface area contributed by atoms with Gasteiger partial charge >= 0.3 is 6.09 Å². The van der Waals surface area contributed by atoms with E-state index in [9.17, 15) is 18.8 Å². The number of anilines is 1. The Bertz CT molecular complexity index is 1170. The molecule has 0 spiro atoms. The van der Waals surface area contributed by atoms with Gasteiger partial charge in [0.25, 0.3) is 0 Å². The standard InChI is InChI=1S/C24H25ClFN3O5S/c1-29(21(32)12-9-15-5-4-6-18(26)22(15)25)16(10-11-17(31)13-30)14-34-24(33)28-23-27-19-7-2-3-8-20(19)35-23/h2-8,16,30H,9-14H2,1H3,(H,27,28,33)/t16-/m0/s1. The molecule has 1 heterocycles. The van der Waals surface area contributed by atoms with Gasteiger partial charge in [-0.2, -0.15) is 0 Å². The minimum atomic E-state index is -0.741. The van der Waals surface area contributed by atoms with Crippen molar-refractivity contribution in [2.24, 2.45) is 0 Å². The fraction of sp³-hybridized carbons (Fsp3) is 0.333. The number of nitrogens with zero attached hydrogens (tertiary/aromatic N) is 2. The van der Waals surface area contributed by atoms with Crippen LogP contribution in [0.25, 0.3) is 10.2 Å². The molecule has 0 aliphatic rings. The minimum absolute atomic E-state index is 0.0113. The molecule has 2 aromatic carbocycles. The van der Waals surface area contributed by atoms with E-state index in [0.717, 1.165) is 10.2 Å². The largest absolute Gasteiger partial charge is 0.447 e. The van der Waals surface area contributed by atoms with Gasteiger partial charge in [-0.15, -0.1) is 0 Å². The van der Waals surface area contributed by atoms with Crippen molar-refractivity contribution >= 4 is 56.1 Å². The SMILES string of the molecule is CN(C(=O)CCc1cccc(F)c1Cl)[C@@H](CCC(=O)CO)COC(=O)Nc1nc2ccccc2s1. The number of carbonyl (C=O) groups is 3. The number of rotatable bonds is 11. The summed E-state index contributed by atoms with van der Waals surface area (Å²) in [5.41, 5.74) is 1.25. The predicted octanol–water partition coefficient (Wildman–Crippen LogP) is 4.44. The summed E-state index contributed by atoms with van der Waals surface area (Å²) in [5.74, 6) is -1.24. The zero-order valence-corrected chi connectivity index (χ0v) is 20.6. The van der Waals surface area contributed by atoms with Crippen LogP contribution in [0.5, 0.6) is 0 Å². The summed E-state index contributed by atoms with van der Waals surface area (Å²) in [4.78, 5) is 42.5. The number of carbonyl (C=O) groups excluding carboxylic acids is 3. The number of aliphatic hydroxyl groups excluding tert-OH is 1. The number of fused-ring (bicyclic) bond motifs is 1. The molecule has 8 nitrogen and oxygen atoms in total. The molecular weight excluding hydrogens is 497 g/mol. The lowest BCUT2D eigenvalue weighted by molar-refractivity contribution is -0.133. The summed E-state index contributed by atoms with van der Waals surface area (Å²) in [6, 6.07) is 11.2. The Hall–Kier alpha value is -3.08. The molecular formula is C24H25ClFN3O5S. The maximum atomic E-state index is 13.7. The van der Waals surface area contributed by atoms with Crippen molar-refractivity contribution in [3.63, 3.8) is 0 Å². The summed E-state index contributed by atoms with van der Waals surface area (Å²) >= 11 is 7.26. The van der Waals surface area contributed by atoms with Gasteiger partial charge in [-0.05, 0) is 36.6 Å². The van der Waals surface area contributed by atoms with Crippen LogP contribution in [0.15, 0.2) is 42.5 Å². The number of halogens is 2. The monoisotopic (exact) mass is 521 g/mol. The van der Waals surface area contributed by atoms with Crippen LogP contribution in [0.3, 0.4) is 0 Å². The van der Waals surface area contributed by atoms with E-state index in [1.807, 2.05) is 24.3 Å². The highest BCUT2D eigenvalue weighted by atomic mass is 35.5. The molecule has 0 fully saturated rings. The number of aliphatic hydroxyl groups is 1. The summed E-state index contributed by atoms with van der Waals surface area (Å²) in [6.07, 6.45) is -0.271. The fourth-order valence-electron chi connectivity index (χ4n) is 3.38. The van der Waals surface area contributed by atoms with Gasteiger partial charge in [0.05, 0.1) is 21.3 Å². The van der Waals surface area contributed by atoms with Gasteiger partial charge in [0.1, 0.15) is 19.0 Å². The van der Waals surface area contributed by atoms with Crippen LogP contribution in [0.1, 0.15) is 24.8 Å². The Labute approximate surface area is 210 Å². The molecule has 186 valence electrons. The first-order valence-corrected chi connectivity index (χ1v) is 12.1. The number of para-hydroxylation sites is 1. The van der Waals surface area contributed by atoms with Crippen LogP contribution in [0.4, 0.5) is 14.3 Å². The molecule has 2 amide bonds. The van der Waals surface area contributed by atoms with Gasteiger partial charge in [0.15, 0.2) is 10.9 Å². The molecule has 2 N–H and O–H groups in total. The molecule has 0 bridgehead atoms. The number of hydrogen-bond acceptors (Lipinski definition) is 7. The first kappa shape index (κ1) is 26.5. The maximum absolute atomic E-state index is 13.7. The number of thiazole rings is 1. The van der Waals surface area contributed by atoms with Crippen LogP contribution in [0, 0.1) is 5.82 Å². The Morgan fingerprint density at radius 1 is 1.20 bits per heavy atom. The highest BCUT2D eigenvalue weighted by Crippen LogP contribution is 2.25. The number of Topliss-reactive ketones (excluding diaryl/α,β-unsaturated/α-hetero) is 1. The van der Waals surface area contributed by atoms with E-state index in [1.54, 1.807) is 13.1 Å². The summed E-state index contributed by atoms with van der Waals surface area (Å²) in [6.45, 7) is -0.778. The molecule has 1 atom stereocenters. The summed E-state index contributed by atoms with van der Waals surface area (Å²) in [7, 11) is 1.54. The normalized spacial score (nSPS) is 11.8. The van der Waals surface area contributed by atoms with E-state index in [4.69, 9.17) is 21.4 Å². The van der Waals surface area contributed by atoms with Gasteiger partial charge in [-0.1, -0.05) is 47.2 Å². The van der Waals surface area contributed by atoms with Crippen LogP contribution in [-0.4, -0.2) is 59.1 Å². The Balaban J connectivity index is 1.59. The van der Waals surface area contributed by atoms with Gasteiger partial charge in [0.2, 0.25) is 5.91 Å². The van der Waals surface area contributed by atoms with E-state index in [1.165, 1.54) is 28.4 Å². The van der Waals surface area contributed by atoms with E-state index in [0.29, 0.717) is 10.7 Å². The molecule has 0 saturated heterocycles. The molecule has 3 aromatic rings. The van der Waals surface area contributed by atoms with E-state index < -0.39 is 24.6 Å². The Morgan fingerprint density at radius 2 is 1.97 bits per heavy atom. The van der Waals surface area contributed by atoms with Crippen molar-refractivity contribution in [3.05, 3.63) is 58.9 Å². The van der Waals surface area contributed by atoms with Crippen molar-refractivity contribution in [3.8, 4) is 0 Å². The number of benzene rings is 2. The molecule has 11 heteroatoms. The number of ketones is 1. The van der Waals surface area contributed by atoms with Gasteiger partial charge in [-0.3, -0.25) is 14.9 Å². The summed E-state index contributed by atoms with van der Waals surface area (Å²) < 4.78 is 19.9. The number of amides is 2. The lowest BCUT2D eigenvalue weighted by Gasteiger charge is -2.28. The molecule has 0 aliphatic heterocycles. The number of nitrogens with one attached hydrogen (secondary N) is 1. The lowest BCUT2D eigenvalue weighted by Crippen LogP contribution is -2.41. The van der Waals surface area contributed by atoms with E-state index in [2.05, 4.69) is 10.3 Å². The molecule has 1 aromatic heterocycles. The number of hydrogen-bond donors (Lipinski definition) is 2. The minimum Gasteiger partial charge on any atom is -0.447 e. The van der Waals surface area contributed by atoms with Gasteiger partial charge in [0, 0.05) is 19.9 Å². The third kappa shape index (κ3) is 7.45. The molecule has 0 radical (unpaired) electrons. The van der Waals surface area contributed by atoms with Gasteiger partial charge in [-0.25, -0.2) is 14.2 Å². The molecule has 35 heavy (non-hydrogen) atoms. The number of aromatic nitrogens is 1. The molecule has 3 rings (SSSR count). The smallest absolute Gasteiger partial charge is 0.413 e. The highest BCUT2D eigenvalue weighted by molar-refractivity contribution is 7.22. The van der Waals surface area contributed by atoms with Crippen molar-refractivity contribution < 1.29 is 28.6 Å². The van der Waals surface area contributed by atoms with Crippen LogP contribution in [-0.2, 0) is 20.7 Å². The second-order valence-electron chi connectivity index (χ2n) is 7.82. The third-order valence-electron chi connectivity index (χ3n) is 5.42. The zero-order valence-electron chi connectivity index (χ0n) is 19.0. The first-order chi connectivity index (χ1) is 16.8. The number of aryl methyl sites for hydroxylation is 1. The third-order valence-corrected chi connectivity index (χ3v) is 6.80. The van der Waals surface area contributed by atoms with Crippen LogP contribution in [0.2, 0.25) is 5.02 Å². The van der Waals surface area contributed by atoms with Crippen molar-refractivity contribution in [1.29, 1.82) is 0 Å². The highest BCUT2D eigenvalue weighted by Gasteiger charge is 2.23. The first-order valence-electron chi connectivity index (χ1n) is 10.9. The lowest BCUT2D eigenvalue weighted by atomic mass is 10.1. The van der Waals surface area contributed by atoms with Crippen molar-refractivity contribution in [2.45, 2.75) is 31.7 Å². The predicted molar refractivity (Wildman–Crippen MR) is 132 cm³/mol. The zero-order chi connectivity index (χ0) is 25.4. The average Bonchev–Trinajstić information content (AvgIpc) is 3.26. The van der Waals surface area contributed by atoms with E-state index in [-0.39, 0.29) is 49.0 Å².